The first-order valence-corrected chi connectivity index (χ1v) is 6.81. The quantitative estimate of drug-likeness (QED) is 0.643. The van der Waals surface area contributed by atoms with Crippen molar-refractivity contribution < 1.29 is 0 Å². The van der Waals surface area contributed by atoms with E-state index in [0.717, 1.165) is 11.0 Å². The van der Waals surface area contributed by atoms with Crippen LogP contribution in [0.15, 0.2) is 59.2 Å². The van der Waals surface area contributed by atoms with Crippen LogP contribution in [-0.2, 0) is 6.54 Å². The van der Waals surface area contributed by atoms with Gasteiger partial charge < -0.3 is 4.57 Å². The predicted molar refractivity (Wildman–Crippen MR) is 79.9 cm³/mol. The SMILES string of the molecule is Cc1ccc(Cn2ccc3cc(Br)ccc32)cc1. The van der Waals surface area contributed by atoms with Crippen molar-refractivity contribution in [3.8, 4) is 0 Å². The van der Waals surface area contributed by atoms with Gasteiger partial charge in [-0.3, -0.25) is 0 Å². The third kappa shape index (κ3) is 2.21. The summed E-state index contributed by atoms with van der Waals surface area (Å²) in [5, 5.41) is 1.27. The number of hydrogen-bond donors (Lipinski definition) is 0. The minimum absolute atomic E-state index is 0.922. The summed E-state index contributed by atoms with van der Waals surface area (Å²) < 4.78 is 3.41. The summed E-state index contributed by atoms with van der Waals surface area (Å²) in [4.78, 5) is 0. The molecule has 0 unspecified atom stereocenters. The summed E-state index contributed by atoms with van der Waals surface area (Å²) in [7, 11) is 0. The van der Waals surface area contributed by atoms with Crippen LogP contribution < -0.4 is 0 Å². The van der Waals surface area contributed by atoms with E-state index >= 15 is 0 Å². The number of rotatable bonds is 2. The van der Waals surface area contributed by atoms with Gasteiger partial charge in [0, 0.05) is 28.1 Å². The topological polar surface area (TPSA) is 4.93 Å². The van der Waals surface area contributed by atoms with Gasteiger partial charge in [-0.05, 0) is 36.8 Å². The largest absolute Gasteiger partial charge is 0.343 e. The molecule has 0 radical (unpaired) electrons. The number of benzene rings is 2. The number of hydrogen-bond acceptors (Lipinski definition) is 0. The van der Waals surface area contributed by atoms with E-state index < -0.39 is 0 Å². The van der Waals surface area contributed by atoms with Gasteiger partial charge in [-0.2, -0.15) is 0 Å². The van der Waals surface area contributed by atoms with E-state index in [9.17, 15) is 0 Å². The summed E-state index contributed by atoms with van der Waals surface area (Å²) in [5.74, 6) is 0. The maximum absolute atomic E-state index is 3.51. The number of aryl methyl sites for hydroxylation is 1. The van der Waals surface area contributed by atoms with Gasteiger partial charge in [0.2, 0.25) is 0 Å². The zero-order valence-electron chi connectivity index (χ0n) is 10.2. The molecule has 0 fully saturated rings. The molecule has 0 amide bonds. The van der Waals surface area contributed by atoms with E-state index in [-0.39, 0.29) is 0 Å². The first kappa shape index (κ1) is 11.5. The molecule has 2 heteroatoms. The second-order valence-corrected chi connectivity index (χ2v) is 5.55. The first-order valence-electron chi connectivity index (χ1n) is 6.02. The highest BCUT2D eigenvalue weighted by atomic mass is 79.9. The molecule has 0 aliphatic heterocycles. The highest BCUT2D eigenvalue weighted by Crippen LogP contribution is 2.21. The van der Waals surface area contributed by atoms with Gasteiger partial charge in [0.1, 0.15) is 0 Å². The molecule has 0 saturated heterocycles. The fraction of sp³-hybridized carbons (Fsp3) is 0.125. The highest BCUT2D eigenvalue weighted by molar-refractivity contribution is 9.10. The van der Waals surface area contributed by atoms with Crippen molar-refractivity contribution in [2.45, 2.75) is 13.5 Å². The van der Waals surface area contributed by atoms with Gasteiger partial charge in [0.15, 0.2) is 0 Å². The smallest absolute Gasteiger partial charge is 0.0484 e. The molecule has 18 heavy (non-hydrogen) atoms. The number of nitrogens with zero attached hydrogens (tertiary/aromatic N) is 1. The Morgan fingerprint density at radius 2 is 1.78 bits per heavy atom. The minimum atomic E-state index is 0.922. The van der Waals surface area contributed by atoms with Crippen LogP contribution in [-0.4, -0.2) is 4.57 Å². The van der Waals surface area contributed by atoms with E-state index in [1.165, 1.54) is 22.0 Å². The van der Waals surface area contributed by atoms with E-state index in [4.69, 9.17) is 0 Å². The van der Waals surface area contributed by atoms with Gasteiger partial charge in [-0.15, -0.1) is 0 Å². The molecule has 3 rings (SSSR count). The average Bonchev–Trinajstić information content (AvgIpc) is 2.74. The monoisotopic (exact) mass is 299 g/mol. The molecule has 0 aliphatic rings. The Bertz CT molecular complexity index is 680. The second kappa shape index (κ2) is 4.62. The lowest BCUT2D eigenvalue weighted by Gasteiger charge is -2.06. The minimum Gasteiger partial charge on any atom is -0.343 e. The zero-order chi connectivity index (χ0) is 12.5. The standard InChI is InChI=1S/C16H14BrN/c1-12-2-4-13(5-3-12)11-18-9-8-14-10-15(17)6-7-16(14)18/h2-10H,11H2,1H3. The van der Waals surface area contributed by atoms with E-state index in [0.29, 0.717) is 0 Å². The zero-order valence-corrected chi connectivity index (χ0v) is 11.8. The number of aromatic nitrogens is 1. The molecular formula is C16H14BrN. The summed E-state index contributed by atoms with van der Waals surface area (Å²) in [6.07, 6.45) is 2.15. The molecule has 0 atom stereocenters. The Morgan fingerprint density at radius 3 is 2.56 bits per heavy atom. The first-order chi connectivity index (χ1) is 8.72. The van der Waals surface area contributed by atoms with Gasteiger partial charge in [0.05, 0.1) is 0 Å². The lowest BCUT2D eigenvalue weighted by Crippen LogP contribution is -1.97. The van der Waals surface area contributed by atoms with Gasteiger partial charge in [-0.25, -0.2) is 0 Å². The normalized spacial score (nSPS) is 11.0. The molecular weight excluding hydrogens is 286 g/mol. The van der Waals surface area contributed by atoms with Crippen LogP contribution in [0.25, 0.3) is 10.9 Å². The van der Waals surface area contributed by atoms with Crippen molar-refractivity contribution in [2.24, 2.45) is 0 Å². The van der Waals surface area contributed by atoms with E-state index in [1.54, 1.807) is 0 Å². The number of fused-ring (bicyclic) bond motifs is 1. The van der Waals surface area contributed by atoms with Gasteiger partial charge >= 0.3 is 0 Å². The van der Waals surface area contributed by atoms with Crippen molar-refractivity contribution in [3.05, 3.63) is 70.3 Å². The maximum Gasteiger partial charge on any atom is 0.0484 e. The van der Waals surface area contributed by atoms with Crippen molar-refractivity contribution in [2.75, 3.05) is 0 Å². The van der Waals surface area contributed by atoms with Crippen LogP contribution >= 0.6 is 15.9 Å². The molecule has 2 aromatic carbocycles. The number of halogens is 1. The van der Waals surface area contributed by atoms with Crippen molar-refractivity contribution in [3.63, 3.8) is 0 Å². The molecule has 0 bridgehead atoms. The maximum atomic E-state index is 3.51. The molecule has 0 aliphatic carbocycles. The average molecular weight is 300 g/mol. The van der Waals surface area contributed by atoms with Gasteiger partial charge in [0.25, 0.3) is 0 Å². The van der Waals surface area contributed by atoms with E-state index in [1.807, 2.05) is 0 Å². The van der Waals surface area contributed by atoms with E-state index in [2.05, 4.69) is 82.1 Å². The Kier molecular flexibility index (Phi) is 2.96. The van der Waals surface area contributed by atoms with Crippen LogP contribution in [0.2, 0.25) is 0 Å². The third-order valence-electron chi connectivity index (χ3n) is 3.21. The molecule has 1 nitrogen and oxygen atoms in total. The highest BCUT2D eigenvalue weighted by Gasteiger charge is 2.02. The molecule has 1 heterocycles. The Balaban J connectivity index is 1.97. The van der Waals surface area contributed by atoms with Gasteiger partial charge in [-0.1, -0.05) is 45.8 Å². The van der Waals surface area contributed by atoms with Crippen LogP contribution in [0.4, 0.5) is 0 Å². The summed E-state index contributed by atoms with van der Waals surface area (Å²) in [5.41, 5.74) is 3.92. The van der Waals surface area contributed by atoms with Crippen LogP contribution in [0, 0.1) is 6.92 Å². The summed E-state index contributed by atoms with van der Waals surface area (Å²) >= 11 is 3.51. The van der Waals surface area contributed by atoms with Crippen molar-refractivity contribution in [1.82, 2.24) is 4.57 Å². The predicted octanol–water partition coefficient (Wildman–Crippen LogP) is 4.76. The summed E-state index contributed by atoms with van der Waals surface area (Å²) in [6.45, 7) is 3.04. The lowest BCUT2D eigenvalue weighted by molar-refractivity contribution is 0.836. The molecule has 0 spiro atoms. The third-order valence-corrected chi connectivity index (χ3v) is 3.70. The lowest BCUT2D eigenvalue weighted by atomic mass is 10.1. The van der Waals surface area contributed by atoms with Crippen LogP contribution in [0.3, 0.4) is 0 Å². The fourth-order valence-electron chi connectivity index (χ4n) is 2.20. The molecule has 0 saturated carbocycles. The Morgan fingerprint density at radius 1 is 1.00 bits per heavy atom. The van der Waals surface area contributed by atoms with Crippen molar-refractivity contribution in [1.29, 1.82) is 0 Å². The molecule has 1 aromatic heterocycles. The fourth-order valence-corrected chi connectivity index (χ4v) is 2.58. The van der Waals surface area contributed by atoms with Crippen molar-refractivity contribution >= 4 is 26.8 Å². The Hall–Kier alpha value is -1.54. The second-order valence-electron chi connectivity index (χ2n) is 4.63. The summed E-state index contributed by atoms with van der Waals surface area (Å²) in [6, 6.07) is 17.3. The van der Waals surface area contributed by atoms with Crippen LogP contribution in [0.1, 0.15) is 11.1 Å². The molecule has 90 valence electrons. The Labute approximate surface area is 115 Å². The molecule has 0 N–H and O–H groups in total. The molecule has 3 aromatic rings. The van der Waals surface area contributed by atoms with Crippen LogP contribution in [0.5, 0.6) is 0 Å².